The summed E-state index contributed by atoms with van der Waals surface area (Å²) in [5.74, 6) is 0.150. The van der Waals surface area contributed by atoms with Gasteiger partial charge in [-0.3, -0.25) is 10.3 Å². The van der Waals surface area contributed by atoms with Crippen molar-refractivity contribution in [3.05, 3.63) is 0 Å². The third kappa shape index (κ3) is 4.55. The zero-order valence-electron chi connectivity index (χ0n) is 8.99. The first-order chi connectivity index (χ1) is 6.67. The summed E-state index contributed by atoms with van der Waals surface area (Å²) in [4.78, 5) is 1.96. The lowest BCUT2D eigenvalue weighted by Crippen LogP contribution is -2.46. The summed E-state index contributed by atoms with van der Waals surface area (Å²) in [6.45, 7) is 3.86. The van der Waals surface area contributed by atoms with Gasteiger partial charge < -0.3 is 15.6 Å². The van der Waals surface area contributed by atoms with E-state index in [0.29, 0.717) is 19.7 Å². The fourth-order valence-electron chi connectivity index (χ4n) is 1.44. The van der Waals surface area contributed by atoms with Crippen molar-refractivity contribution in [2.45, 2.75) is 19.4 Å². The number of rotatable bonds is 8. The highest BCUT2D eigenvalue weighted by atomic mass is 16.5. The van der Waals surface area contributed by atoms with Crippen LogP contribution >= 0.6 is 0 Å². The normalized spacial score (nSPS) is 13.1. The lowest BCUT2D eigenvalue weighted by molar-refractivity contribution is 0.117. The first-order valence-corrected chi connectivity index (χ1v) is 4.85. The van der Waals surface area contributed by atoms with Gasteiger partial charge in [-0.25, -0.2) is 0 Å². The number of aliphatic hydroxyl groups excluding tert-OH is 1. The maximum atomic E-state index is 8.87. The lowest BCUT2D eigenvalue weighted by Gasteiger charge is -2.29. The molecule has 0 amide bonds. The van der Waals surface area contributed by atoms with Gasteiger partial charge in [0.25, 0.3) is 0 Å². The number of methoxy groups -OCH3 is 1. The van der Waals surface area contributed by atoms with Gasteiger partial charge in [-0.1, -0.05) is 6.92 Å². The second-order valence-electron chi connectivity index (χ2n) is 3.13. The molecule has 0 aromatic heterocycles. The molecule has 0 aromatic carbocycles. The highest BCUT2D eigenvalue weighted by molar-refractivity contribution is 5.82. The minimum atomic E-state index is -0.0858. The summed E-state index contributed by atoms with van der Waals surface area (Å²) in [5.41, 5.74) is 5.47. The first kappa shape index (κ1) is 13.4. The smallest absolute Gasteiger partial charge is 0.108 e. The minimum absolute atomic E-state index is 0.0769. The summed E-state index contributed by atoms with van der Waals surface area (Å²) in [6, 6.07) is -0.0858. The Kier molecular flexibility index (Phi) is 7.37. The molecule has 0 heterocycles. The molecule has 0 fully saturated rings. The standard InChI is InChI=1S/C9H21N3O2/c1-3-8(9(10)11)12(4-6-13)5-7-14-2/h8,13H,3-7H2,1-2H3,(H3,10,11). The highest BCUT2D eigenvalue weighted by Gasteiger charge is 2.18. The maximum absolute atomic E-state index is 8.87. The zero-order valence-corrected chi connectivity index (χ0v) is 8.99. The number of nitrogens with two attached hydrogens (primary N) is 1. The van der Waals surface area contributed by atoms with E-state index in [0.717, 1.165) is 6.42 Å². The summed E-state index contributed by atoms with van der Waals surface area (Å²) < 4.78 is 4.96. The molecular weight excluding hydrogens is 182 g/mol. The molecule has 0 saturated heterocycles. The van der Waals surface area contributed by atoms with Crippen LogP contribution < -0.4 is 5.73 Å². The fourth-order valence-corrected chi connectivity index (χ4v) is 1.44. The van der Waals surface area contributed by atoms with E-state index < -0.39 is 0 Å². The molecule has 14 heavy (non-hydrogen) atoms. The summed E-state index contributed by atoms with van der Waals surface area (Å²) in [7, 11) is 1.63. The van der Waals surface area contributed by atoms with E-state index in [4.69, 9.17) is 21.0 Å². The molecule has 0 radical (unpaired) electrons. The van der Waals surface area contributed by atoms with Crippen molar-refractivity contribution in [3.63, 3.8) is 0 Å². The number of hydrogen-bond acceptors (Lipinski definition) is 4. The molecule has 4 N–H and O–H groups in total. The molecular formula is C9H21N3O2. The van der Waals surface area contributed by atoms with Crippen LogP contribution in [0.2, 0.25) is 0 Å². The van der Waals surface area contributed by atoms with Crippen LogP contribution in [0.5, 0.6) is 0 Å². The Labute approximate surface area is 85.4 Å². The second kappa shape index (κ2) is 7.73. The van der Waals surface area contributed by atoms with Gasteiger partial charge in [0.15, 0.2) is 0 Å². The van der Waals surface area contributed by atoms with Crippen molar-refractivity contribution < 1.29 is 9.84 Å². The van der Waals surface area contributed by atoms with E-state index in [1.54, 1.807) is 7.11 Å². The number of hydrogen-bond donors (Lipinski definition) is 3. The van der Waals surface area contributed by atoms with Crippen molar-refractivity contribution in [3.8, 4) is 0 Å². The largest absolute Gasteiger partial charge is 0.395 e. The predicted molar refractivity (Wildman–Crippen MR) is 56.5 cm³/mol. The zero-order chi connectivity index (χ0) is 11.0. The van der Waals surface area contributed by atoms with Crippen molar-refractivity contribution >= 4 is 5.84 Å². The van der Waals surface area contributed by atoms with Crippen LogP contribution in [0.3, 0.4) is 0 Å². The molecule has 5 heteroatoms. The number of amidine groups is 1. The van der Waals surface area contributed by atoms with E-state index in [2.05, 4.69) is 0 Å². The number of nitrogens with one attached hydrogen (secondary N) is 1. The van der Waals surface area contributed by atoms with E-state index in [1.165, 1.54) is 0 Å². The molecule has 0 bridgehead atoms. The Morgan fingerprint density at radius 3 is 2.57 bits per heavy atom. The molecule has 0 aliphatic rings. The molecule has 0 saturated carbocycles. The quantitative estimate of drug-likeness (QED) is 0.372. The lowest BCUT2D eigenvalue weighted by atomic mass is 10.1. The van der Waals surface area contributed by atoms with Gasteiger partial charge in [-0.2, -0.15) is 0 Å². The van der Waals surface area contributed by atoms with Gasteiger partial charge >= 0.3 is 0 Å². The van der Waals surface area contributed by atoms with Crippen molar-refractivity contribution in [1.29, 1.82) is 5.41 Å². The Bertz CT molecular complexity index is 164. The van der Waals surface area contributed by atoms with Crippen LogP contribution in [0.1, 0.15) is 13.3 Å². The van der Waals surface area contributed by atoms with E-state index >= 15 is 0 Å². The van der Waals surface area contributed by atoms with Crippen LogP contribution in [-0.2, 0) is 4.74 Å². The molecule has 0 rings (SSSR count). The molecule has 5 nitrogen and oxygen atoms in total. The Morgan fingerprint density at radius 1 is 1.57 bits per heavy atom. The van der Waals surface area contributed by atoms with Gasteiger partial charge in [0, 0.05) is 20.2 Å². The Morgan fingerprint density at radius 2 is 2.21 bits per heavy atom. The highest BCUT2D eigenvalue weighted by Crippen LogP contribution is 2.03. The summed E-state index contributed by atoms with van der Waals surface area (Å²) >= 11 is 0. The predicted octanol–water partition coefficient (Wildman–Crippen LogP) is -0.358. The SMILES string of the molecule is CCC(C(=N)N)N(CCO)CCOC. The van der Waals surface area contributed by atoms with E-state index in [-0.39, 0.29) is 18.5 Å². The topological polar surface area (TPSA) is 82.6 Å². The van der Waals surface area contributed by atoms with Gasteiger partial charge in [-0.15, -0.1) is 0 Å². The summed E-state index contributed by atoms with van der Waals surface area (Å²) in [5, 5.41) is 16.3. The van der Waals surface area contributed by atoms with Gasteiger partial charge in [0.1, 0.15) is 5.84 Å². The molecule has 0 spiro atoms. The minimum Gasteiger partial charge on any atom is -0.395 e. The number of nitrogens with zero attached hydrogens (tertiary/aromatic N) is 1. The molecule has 0 aliphatic carbocycles. The molecule has 0 aromatic rings. The average molecular weight is 203 g/mol. The van der Waals surface area contributed by atoms with E-state index in [9.17, 15) is 0 Å². The van der Waals surface area contributed by atoms with E-state index in [1.807, 2.05) is 11.8 Å². The van der Waals surface area contributed by atoms with Gasteiger partial charge in [-0.05, 0) is 6.42 Å². The molecule has 0 aliphatic heterocycles. The maximum Gasteiger partial charge on any atom is 0.108 e. The monoisotopic (exact) mass is 203 g/mol. The van der Waals surface area contributed by atoms with Crippen LogP contribution in [-0.4, -0.2) is 55.3 Å². The summed E-state index contributed by atoms with van der Waals surface area (Å²) in [6.07, 6.45) is 0.777. The fraction of sp³-hybridized carbons (Fsp3) is 0.889. The Balaban J connectivity index is 4.19. The van der Waals surface area contributed by atoms with Gasteiger partial charge in [0.2, 0.25) is 0 Å². The molecule has 1 unspecified atom stereocenters. The van der Waals surface area contributed by atoms with Crippen LogP contribution in [0.15, 0.2) is 0 Å². The molecule has 84 valence electrons. The number of ether oxygens (including phenoxy) is 1. The number of aliphatic hydroxyl groups is 1. The third-order valence-corrected chi connectivity index (χ3v) is 2.16. The van der Waals surface area contributed by atoms with Crippen LogP contribution in [0.25, 0.3) is 0 Å². The average Bonchev–Trinajstić information content (AvgIpc) is 2.14. The molecule has 1 atom stereocenters. The third-order valence-electron chi connectivity index (χ3n) is 2.16. The second-order valence-corrected chi connectivity index (χ2v) is 3.13. The van der Waals surface area contributed by atoms with Crippen molar-refractivity contribution in [1.82, 2.24) is 4.90 Å². The van der Waals surface area contributed by atoms with Crippen molar-refractivity contribution in [2.75, 3.05) is 33.4 Å². The van der Waals surface area contributed by atoms with Crippen molar-refractivity contribution in [2.24, 2.45) is 5.73 Å². The Hall–Kier alpha value is -0.650. The van der Waals surface area contributed by atoms with Gasteiger partial charge in [0.05, 0.1) is 19.3 Å². The van der Waals surface area contributed by atoms with Crippen LogP contribution in [0, 0.1) is 5.41 Å². The first-order valence-electron chi connectivity index (χ1n) is 4.85. The van der Waals surface area contributed by atoms with Crippen LogP contribution in [0.4, 0.5) is 0 Å².